The van der Waals surface area contributed by atoms with Gasteiger partial charge in [0.25, 0.3) is 0 Å². The van der Waals surface area contributed by atoms with E-state index >= 15 is 0 Å². The summed E-state index contributed by atoms with van der Waals surface area (Å²) in [5.41, 5.74) is 0.365. The number of likely N-dealkylation sites (N-methyl/N-ethyl adjacent to an activating group) is 1. The minimum Gasteiger partial charge on any atom is -0.293 e. The van der Waals surface area contributed by atoms with Gasteiger partial charge in [0.15, 0.2) is 0 Å². The van der Waals surface area contributed by atoms with E-state index in [4.69, 9.17) is 0 Å². The van der Waals surface area contributed by atoms with E-state index in [1.807, 2.05) is 0 Å². The van der Waals surface area contributed by atoms with Crippen LogP contribution in [0.4, 0.5) is 0 Å². The number of nitrogens with one attached hydrogen (secondary N) is 1. The fourth-order valence-electron chi connectivity index (χ4n) is 1.09. The third-order valence-corrected chi connectivity index (χ3v) is 1.63. The van der Waals surface area contributed by atoms with Gasteiger partial charge in [-0.1, -0.05) is 0 Å². The molecule has 0 bridgehead atoms. The second-order valence-electron chi connectivity index (χ2n) is 3.23. The molecule has 1 atom stereocenters. The van der Waals surface area contributed by atoms with Gasteiger partial charge in [0.2, 0.25) is 0 Å². The van der Waals surface area contributed by atoms with Crippen molar-refractivity contribution >= 4 is 0 Å². The smallest absolute Gasteiger partial charge is 0.0780 e. The van der Waals surface area contributed by atoms with E-state index in [0.717, 1.165) is 0 Å². The molecule has 0 aromatic carbocycles. The maximum Gasteiger partial charge on any atom is 0.0780 e. The van der Waals surface area contributed by atoms with E-state index in [-0.39, 0.29) is 0 Å². The quantitative estimate of drug-likeness (QED) is 0.494. The van der Waals surface area contributed by atoms with Crippen molar-refractivity contribution < 1.29 is 0 Å². The zero-order valence-corrected chi connectivity index (χ0v) is 6.02. The third-order valence-electron chi connectivity index (χ3n) is 1.63. The van der Waals surface area contributed by atoms with Crippen molar-refractivity contribution in [3.8, 4) is 0 Å². The first kappa shape index (κ1) is 6.05. The van der Waals surface area contributed by atoms with Crippen molar-refractivity contribution in [3.05, 3.63) is 0 Å². The monoisotopic (exact) mass is 114 g/mol. The molecule has 0 radical (unpaired) electrons. The first-order valence-electron chi connectivity index (χ1n) is 2.98. The number of rotatable bonds is 1. The van der Waals surface area contributed by atoms with E-state index in [0.29, 0.717) is 11.7 Å². The summed E-state index contributed by atoms with van der Waals surface area (Å²) in [6.45, 7) is 4.41. The molecule has 1 rings (SSSR count). The van der Waals surface area contributed by atoms with Gasteiger partial charge >= 0.3 is 0 Å². The minimum atomic E-state index is 0.365. The van der Waals surface area contributed by atoms with Crippen LogP contribution in [-0.2, 0) is 0 Å². The van der Waals surface area contributed by atoms with Crippen LogP contribution < -0.4 is 5.32 Å². The van der Waals surface area contributed by atoms with Gasteiger partial charge in [0.1, 0.15) is 0 Å². The van der Waals surface area contributed by atoms with Crippen LogP contribution in [0.25, 0.3) is 0 Å². The predicted molar refractivity (Wildman–Crippen MR) is 34.7 cm³/mol. The molecule has 1 fully saturated rings. The highest BCUT2D eigenvalue weighted by atomic mass is 15.4. The van der Waals surface area contributed by atoms with E-state index < -0.39 is 0 Å². The Hall–Kier alpha value is -0.0800. The van der Waals surface area contributed by atoms with Crippen LogP contribution in [0.3, 0.4) is 0 Å². The lowest BCUT2D eigenvalue weighted by molar-refractivity contribution is 0.369. The second-order valence-corrected chi connectivity index (χ2v) is 3.23. The highest BCUT2D eigenvalue weighted by Gasteiger charge is 2.46. The molecule has 1 aliphatic heterocycles. The zero-order chi connectivity index (χ0) is 6.36. The normalized spacial score (nSPS) is 33.4. The van der Waals surface area contributed by atoms with Gasteiger partial charge in [-0.05, 0) is 27.9 Å². The molecule has 0 amide bonds. The standard InChI is InChI=1S/C6H14N2/c1-6(2)5(7-6)8(3)4/h5,7H,1-4H3. The largest absolute Gasteiger partial charge is 0.293 e. The molecule has 2 nitrogen and oxygen atoms in total. The molecule has 48 valence electrons. The highest BCUT2D eigenvalue weighted by molar-refractivity contribution is 5.05. The maximum absolute atomic E-state index is 3.33. The summed E-state index contributed by atoms with van der Waals surface area (Å²) in [5, 5.41) is 3.33. The van der Waals surface area contributed by atoms with Crippen molar-refractivity contribution in [2.45, 2.75) is 25.6 Å². The Bertz CT molecular complexity index is 96.7. The Morgan fingerprint density at radius 1 is 1.38 bits per heavy atom. The third kappa shape index (κ3) is 0.858. The Morgan fingerprint density at radius 3 is 1.75 bits per heavy atom. The summed E-state index contributed by atoms with van der Waals surface area (Å²) in [6.07, 6.45) is 0.600. The summed E-state index contributed by atoms with van der Waals surface area (Å²) in [5.74, 6) is 0. The molecule has 1 heterocycles. The molecule has 1 aliphatic rings. The summed E-state index contributed by atoms with van der Waals surface area (Å²) in [4.78, 5) is 2.19. The molecule has 0 saturated carbocycles. The van der Waals surface area contributed by atoms with Crippen LogP contribution in [0, 0.1) is 0 Å². The molecule has 0 aromatic rings. The molecule has 0 spiro atoms. The molecule has 1 N–H and O–H groups in total. The maximum atomic E-state index is 3.33. The highest BCUT2D eigenvalue weighted by Crippen LogP contribution is 2.25. The Morgan fingerprint density at radius 2 is 1.75 bits per heavy atom. The first-order chi connectivity index (χ1) is 3.54. The van der Waals surface area contributed by atoms with E-state index in [1.165, 1.54) is 0 Å². The second kappa shape index (κ2) is 1.45. The Kier molecular flexibility index (Phi) is 1.10. The molecular formula is C6H14N2. The van der Waals surface area contributed by atoms with Gasteiger partial charge in [0, 0.05) is 5.54 Å². The van der Waals surface area contributed by atoms with Crippen molar-refractivity contribution in [1.29, 1.82) is 0 Å². The molecule has 1 saturated heterocycles. The van der Waals surface area contributed by atoms with Gasteiger partial charge < -0.3 is 0 Å². The van der Waals surface area contributed by atoms with Crippen molar-refractivity contribution in [2.24, 2.45) is 0 Å². The van der Waals surface area contributed by atoms with Gasteiger partial charge in [-0.25, -0.2) is 0 Å². The topological polar surface area (TPSA) is 25.2 Å². The van der Waals surface area contributed by atoms with Crippen molar-refractivity contribution in [1.82, 2.24) is 10.2 Å². The minimum absolute atomic E-state index is 0.365. The summed E-state index contributed by atoms with van der Waals surface area (Å²) in [6, 6.07) is 0. The molecule has 0 aromatic heterocycles. The number of hydrogen-bond acceptors (Lipinski definition) is 2. The Labute approximate surface area is 50.9 Å². The van der Waals surface area contributed by atoms with E-state index in [1.54, 1.807) is 0 Å². The summed E-state index contributed by atoms with van der Waals surface area (Å²) >= 11 is 0. The lowest BCUT2D eigenvalue weighted by Gasteiger charge is -2.07. The average molecular weight is 114 g/mol. The molecule has 0 aliphatic carbocycles. The van der Waals surface area contributed by atoms with Gasteiger partial charge in [0.05, 0.1) is 6.17 Å². The fourth-order valence-corrected chi connectivity index (χ4v) is 1.09. The van der Waals surface area contributed by atoms with E-state index in [2.05, 4.69) is 38.2 Å². The van der Waals surface area contributed by atoms with Crippen molar-refractivity contribution in [3.63, 3.8) is 0 Å². The fraction of sp³-hybridized carbons (Fsp3) is 1.00. The van der Waals surface area contributed by atoms with E-state index in [9.17, 15) is 0 Å². The summed E-state index contributed by atoms with van der Waals surface area (Å²) < 4.78 is 0. The molecule has 8 heavy (non-hydrogen) atoms. The number of nitrogens with zero attached hydrogens (tertiary/aromatic N) is 1. The Balaban J connectivity index is 2.37. The van der Waals surface area contributed by atoms with Gasteiger partial charge in [-0.15, -0.1) is 0 Å². The van der Waals surface area contributed by atoms with Crippen LogP contribution in [0.2, 0.25) is 0 Å². The van der Waals surface area contributed by atoms with Crippen LogP contribution in [0.15, 0.2) is 0 Å². The summed E-state index contributed by atoms with van der Waals surface area (Å²) in [7, 11) is 4.18. The van der Waals surface area contributed by atoms with Crippen LogP contribution in [0.1, 0.15) is 13.8 Å². The zero-order valence-electron chi connectivity index (χ0n) is 6.02. The lowest BCUT2D eigenvalue weighted by Crippen LogP contribution is -2.21. The molecular weight excluding hydrogens is 100 g/mol. The van der Waals surface area contributed by atoms with Crippen LogP contribution >= 0.6 is 0 Å². The SMILES string of the molecule is CN(C)C1NC1(C)C. The molecule has 2 heteroatoms. The van der Waals surface area contributed by atoms with Crippen LogP contribution in [-0.4, -0.2) is 30.7 Å². The lowest BCUT2D eigenvalue weighted by atomic mass is 10.2. The number of hydrogen-bond donors (Lipinski definition) is 1. The van der Waals surface area contributed by atoms with Crippen LogP contribution in [0.5, 0.6) is 0 Å². The molecule has 1 unspecified atom stereocenters. The first-order valence-corrected chi connectivity index (χ1v) is 2.98. The predicted octanol–water partition coefficient (Wildman–Crippen LogP) is 0.256. The van der Waals surface area contributed by atoms with Gasteiger partial charge in [-0.2, -0.15) is 0 Å². The van der Waals surface area contributed by atoms with Crippen molar-refractivity contribution in [2.75, 3.05) is 14.1 Å². The van der Waals surface area contributed by atoms with Gasteiger partial charge in [-0.3, -0.25) is 10.2 Å². The average Bonchev–Trinajstić information content (AvgIpc) is 2.13.